The molecule has 5 nitrogen and oxygen atoms in total. The number of hydrogen-bond donors (Lipinski definition) is 3. The lowest BCUT2D eigenvalue weighted by atomic mass is 10.1. The first-order chi connectivity index (χ1) is 7.81. The second-order valence-electron chi connectivity index (χ2n) is 3.80. The highest BCUT2D eigenvalue weighted by Crippen LogP contribution is 2.19. The molecule has 1 aromatic heterocycles. The quantitative estimate of drug-likeness (QED) is 0.691. The number of nitrogens with zero attached hydrogens (tertiary/aromatic N) is 1. The molecule has 0 saturated carbocycles. The van der Waals surface area contributed by atoms with Crippen LogP contribution in [-0.4, -0.2) is 28.5 Å². The van der Waals surface area contributed by atoms with Gasteiger partial charge in [0.25, 0.3) is 0 Å². The second kappa shape index (κ2) is 5.32. The molecule has 88 valence electrons. The number of carbonyl (C=O) groups is 1. The lowest BCUT2D eigenvalue weighted by molar-refractivity contribution is -0.116. The zero-order valence-electron chi connectivity index (χ0n) is 8.98. The van der Waals surface area contributed by atoms with E-state index in [1.165, 1.54) is 0 Å². The Labute approximate surface area is 98.9 Å². The number of rotatable bonds is 4. The molecule has 2 rings (SSSR count). The lowest BCUT2D eigenvalue weighted by Crippen LogP contribution is -2.24. The predicted octanol–water partition coefficient (Wildman–Crippen LogP) is 1.01. The fourth-order valence-electron chi connectivity index (χ4n) is 1.77. The highest BCUT2D eigenvalue weighted by Gasteiger charge is 2.17. The van der Waals surface area contributed by atoms with Crippen LogP contribution in [0.5, 0.6) is 0 Å². The minimum absolute atomic E-state index is 0.0199. The van der Waals surface area contributed by atoms with Gasteiger partial charge in [-0.2, -0.15) is 5.10 Å². The summed E-state index contributed by atoms with van der Waals surface area (Å²) in [5.74, 6) is 1.17. The molecule has 0 fully saturated rings. The lowest BCUT2D eigenvalue weighted by Gasteiger charge is -2.12. The fourth-order valence-corrected chi connectivity index (χ4v) is 1.90. The van der Waals surface area contributed by atoms with Crippen LogP contribution in [0.15, 0.2) is 0 Å². The maximum absolute atomic E-state index is 11.5. The van der Waals surface area contributed by atoms with E-state index >= 15 is 0 Å². The number of aromatic nitrogens is 2. The van der Waals surface area contributed by atoms with Crippen LogP contribution in [0.1, 0.15) is 24.1 Å². The van der Waals surface area contributed by atoms with Gasteiger partial charge in [0.15, 0.2) is 5.82 Å². The van der Waals surface area contributed by atoms with Crippen molar-refractivity contribution in [3.8, 4) is 0 Å². The summed E-state index contributed by atoms with van der Waals surface area (Å²) in [4.78, 5) is 11.5. The first kappa shape index (κ1) is 11.4. The van der Waals surface area contributed by atoms with Crippen molar-refractivity contribution in [2.24, 2.45) is 0 Å². The average Bonchev–Trinajstić information content (AvgIpc) is 2.70. The van der Waals surface area contributed by atoms with Crippen LogP contribution in [-0.2, 0) is 17.8 Å². The fraction of sp³-hybridized carbons (Fsp3) is 0.600. The third-order valence-corrected chi connectivity index (χ3v) is 2.87. The van der Waals surface area contributed by atoms with Crippen LogP contribution < -0.4 is 10.6 Å². The largest absolute Gasteiger partial charge is 0.311 e. The number of amides is 1. The molecular formula is C10H15ClN4O. The van der Waals surface area contributed by atoms with E-state index in [1.54, 1.807) is 0 Å². The molecule has 3 N–H and O–H groups in total. The number of halogens is 1. The molecule has 2 heterocycles. The predicted molar refractivity (Wildman–Crippen MR) is 62.6 cm³/mol. The van der Waals surface area contributed by atoms with Gasteiger partial charge in [0.1, 0.15) is 0 Å². The van der Waals surface area contributed by atoms with Gasteiger partial charge < -0.3 is 10.6 Å². The number of hydrogen-bond acceptors (Lipinski definition) is 3. The molecule has 1 aromatic rings. The Hall–Kier alpha value is -1.07. The van der Waals surface area contributed by atoms with Crippen molar-refractivity contribution in [3.05, 3.63) is 11.3 Å². The number of nitrogens with one attached hydrogen (secondary N) is 3. The molecule has 0 aliphatic carbocycles. The number of fused-ring (bicyclic) bond motifs is 1. The van der Waals surface area contributed by atoms with Gasteiger partial charge in [-0.3, -0.25) is 9.89 Å². The van der Waals surface area contributed by atoms with Crippen molar-refractivity contribution < 1.29 is 4.79 Å². The summed E-state index contributed by atoms with van der Waals surface area (Å²) in [6.45, 7) is 1.72. The molecule has 1 aliphatic rings. The van der Waals surface area contributed by atoms with E-state index in [-0.39, 0.29) is 5.91 Å². The summed E-state index contributed by atoms with van der Waals surface area (Å²) in [6.07, 6.45) is 2.04. The van der Waals surface area contributed by atoms with Crippen LogP contribution >= 0.6 is 11.6 Å². The van der Waals surface area contributed by atoms with Gasteiger partial charge in [-0.1, -0.05) is 0 Å². The van der Waals surface area contributed by atoms with E-state index in [4.69, 9.17) is 11.6 Å². The van der Waals surface area contributed by atoms with Crippen molar-refractivity contribution in [2.75, 3.05) is 17.7 Å². The van der Waals surface area contributed by atoms with Gasteiger partial charge in [-0.25, -0.2) is 0 Å². The van der Waals surface area contributed by atoms with Crippen molar-refractivity contribution >= 4 is 23.3 Å². The Balaban J connectivity index is 1.99. The van der Waals surface area contributed by atoms with E-state index in [9.17, 15) is 4.79 Å². The van der Waals surface area contributed by atoms with Gasteiger partial charge in [0, 0.05) is 24.4 Å². The van der Waals surface area contributed by atoms with Crippen molar-refractivity contribution in [2.45, 2.75) is 25.8 Å². The summed E-state index contributed by atoms with van der Waals surface area (Å²) >= 11 is 5.53. The standard InChI is InChI=1S/C10H15ClN4O/c11-4-1-2-9(16)13-10-7-3-5-12-6-8(7)14-15-10/h12H,1-6H2,(H2,13,14,15,16). The van der Waals surface area contributed by atoms with Crippen LogP contribution in [0.4, 0.5) is 5.82 Å². The molecule has 6 heteroatoms. The topological polar surface area (TPSA) is 69.8 Å². The first-order valence-electron chi connectivity index (χ1n) is 5.44. The Morgan fingerprint density at radius 3 is 3.25 bits per heavy atom. The Morgan fingerprint density at radius 2 is 2.44 bits per heavy atom. The first-order valence-corrected chi connectivity index (χ1v) is 5.97. The molecule has 0 saturated heterocycles. The molecule has 0 unspecified atom stereocenters. The number of alkyl halides is 1. The van der Waals surface area contributed by atoms with Crippen molar-refractivity contribution in [1.29, 1.82) is 0 Å². The molecular weight excluding hydrogens is 228 g/mol. The third-order valence-electron chi connectivity index (χ3n) is 2.60. The maximum Gasteiger partial charge on any atom is 0.225 e. The zero-order valence-corrected chi connectivity index (χ0v) is 9.73. The summed E-state index contributed by atoms with van der Waals surface area (Å²) in [6, 6.07) is 0. The number of H-pyrrole nitrogens is 1. The number of carbonyl (C=O) groups excluding carboxylic acids is 1. The van der Waals surface area contributed by atoms with Gasteiger partial charge in [-0.15, -0.1) is 11.6 Å². The molecule has 0 spiro atoms. The molecule has 0 atom stereocenters. The Kier molecular flexibility index (Phi) is 3.79. The molecule has 1 aliphatic heterocycles. The van der Waals surface area contributed by atoms with Gasteiger partial charge in [0.2, 0.25) is 5.91 Å². The monoisotopic (exact) mass is 242 g/mol. The van der Waals surface area contributed by atoms with Crippen LogP contribution in [0, 0.1) is 0 Å². The Morgan fingerprint density at radius 1 is 1.56 bits per heavy atom. The smallest absolute Gasteiger partial charge is 0.225 e. The Bertz CT molecular complexity index is 377. The molecule has 0 radical (unpaired) electrons. The van der Waals surface area contributed by atoms with Crippen molar-refractivity contribution in [3.63, 3.8) is 0 Å². The van der Waals surface area contributed by atoms with E-state index in [2.05, 4.69) is 20.8 Å². The minimum atomic E-state index is -0.0199. The molecule has 0 aromatic carbocycles. The normalized spacial score (nSPS) is 14.6. The summed E-state index contributed by atoms with van der Waals surface area (Å²) in [7, 11) is 0. The number of aromatic amines is 1. The second-order valence-corrected chi connectivity index (χ2v) is 4.17. The average molecular weight is 243 g/mol. The van der Waals surface area contributed by atoms with Gasteiger partial charge in [0.05, 0.1) is 5.69 Å². The van der Waals surface area contributed by atoms with Gasteiger partial charge >= 0.3 is 0 Å². The summed E-state index contributed by atoms with van der Waals surface area (Å²) < 4.78 is 0. The van der Waals surface area contributed by atoms with E-state index in [0.29, 0.717) is 24.5 Å². The highest BCUT2D eigenvalue weighted by molar-refractivity contribution is 6.18. The van der Waals surface area contributed by atoms with Gasteiger partial charge in [-0.05, 0) is 19.4 Å². The van der Waals surface area contributed by atoms with Crippen LogP contribution in [0.3, 0.4) is 0 Å². The van der Waals surface area contributed by atoms with Crippen LogP contribution in [0.2, 0.25) is 0 Å². The molecule has 1 amide bonds. The highest BCUT2D eigenvalue weighted by atomic mass is 35.5. The summed E-state index contributed by atoms with van der Waals surface area (Å²) in [5.41, 5.74) is 2.19. The zero-order chi connectivity index (χ0) is 11.4. The van der Waals surface area contributed by atoms with E-state index in [1.807, 2.05) is 0 Å². The van der Waals surface area contributed by atoms with E-state index in [0.717, 1.165) is 30.8 Å². The third kappa shape index (κ3) is 2.54. The molecule has 16 heavy (non-hydrogen) atoms. The maximum atomic E-state index is 11.5. The van der Waals surface area contributed by atoms with Crippen molar-refractivity contribution in [1.82, 2.24) is 15.5 Å². The number of anilines is 1. The molecule has 0 bridgehead atoms. The van der Waals surface area contributed by atoms with E-state index < -0.39 is 0 Å². The van der Waals surface area contributed by atoms with Crippen LogP contribution in [0.25, 0.3) is 0 Å². The minimum Gasteiger partial charge on any atom is -0.311 e. The summed E-state index contributed by atoms with van der Waals surface area (Å²) in [5, 5.41) is 13.1. The SMILES string of the molecule is O=C(CCCCl)Nc1n[nH]c2c1CCNC2.